The van der Waals surface area contributed by atoms with Gasteiger partial charge in [0.1, 0.15) is 0 Å². The average molecular weight is 248 g/mol. The summed E-state index contributed by atoms with van der Waals surface area (Å²) in [5, 5.41) is 0. The number of hydrogen-bond donors (Lipinski definition) is 0. The number of halogens is 8. The van der Waals surface area contributed by atoms with E-state index in [2.05, 4.69) is 26.3 Å². The van der Waals surface area contributed by atoms with Crippen LogP contribution in [0.4, 0.5) is 8.78 Å². The van der Waals surface area contributed by atoms with Gasteiger partial charge in [0.05, 0.1) is 0 Å². The highest BCUT2D eigenvalue weighted by Gasteiger charge is 1.65. The van der Waals surface area contributed by atoms with Crippen LogP contribution in [0, 0.1) is 0 Å². The minimum absolute atomic E-state index is 0. The Morgan fingerprint density at radius 2 is 0.867 bits per heavy atom. The van der Waals surface area contributed by atoms with Gasteiger partial charge in [-0.05, 0) is 13.5 Å². The summed E-state index contributed by atoms with van der Waals surface area (Å²) in [6.07, 6.45) is -0.0833. The van der Waals surface area contributed by atoms with Gasteiger partial charge in [0.25, 0.3) is 6.08 Å². The molecule has 0 fully saturated rings. The molecule has 0 spiro atoms. The zero-order chi connectivity index (χ0) is 8.28. The van der Waals surface area contributed by atoms with Gasteiger partial charge in [0.15, 0.2) is 0 Å². The van der Waals surface area contributed by atoms with Gasteiger partial charge in [-0.2, -0.15) is 8.78 Å². The molecule has 0 saturated heterocycles. The smallest absolute Gasteiger partial charge is 0.263 e. The predicted molar refractivity (Wildman–Crippen MR) is 38.5 cm³/mol. The number of allylic oxidation sites excluding steroid dienone is 1. The van der Waals surface area contributed by atoms with Crippen molar-refractivity contribution in [3.05, 3.63) is 38.5 Å². The first-order chi connectivity index (χ1) is 4.15. The van der Waals surface area contributed by atoms with Gasteiger partial charge < -0.3 is 28.2 Å². The fourth-order valence-electron chi connectivity index (χ4n) is 0. The van der Waals surface area contributed by atoms with Crippen LogP contribution < -0.4 is 28.2 Å². The van der Waals surface area contributed by atoms with E-state index in [1.165, 1.54) is 0 Å². The molecular weight excluding hydrogens is 236 g/mol. The third-order valence-corrected chi connectivity index (χ3v) is 0. The molecule has 0 N–H and O–H groups in total. The summed E-state index contributed by atoms with van der Waals surface area (Å²) in [6.45, 7) is 13.5. The molecule has 0 aromatic rings. The summed E-state index contributed by atoms with van der Waals surface area (Å²) >= 11 is 0. The van der Waals surface area contributed by atoms with E-state index >= 15 is 0 Å². The first kappa shape index (κ1) is 101. The van der Waals surface area contributed by atoms with E-state index in [1.54, 1.807) is 6.08 Å². The first-order valence-electron chi connectivity index (χ1n) is 2.22. The molecule has 8 heteroatoms. The lowest BCUT2D eigenvalue weighted by atomic mass is 10.8. The number of rotatable bonds is 0. The SMILES string of the molecule is C=C.C=C(F)F.C=CC.[F-].[F-].[F-].[F-].[F-].[F-]. The molecule has 0 saturated carbocycles. The Kier molecular flexibility index (Phi) is 1640. The van der Waals surface area contributed by atoms with Crippen molar-refractivity contribution in [2.75, 3.05) is 0 Å². The fourth-order valence-corrected chi connectivity index (χ4v) is 0. The normalized spacial score (nSPS) is 2.87. The standard InChI is InChI=1S/C3H6.C2H2F2.C2H4.6FH/c1-3-2;1-2(3)4;1-2;;;;;;/h3H,1H2,2H3;1H2;1-2H2;6*1H/p-6. The summed E-state index contributed by atoms with van der Waals surface area (Å²) in [5.41, 5.74) is 0. The van der Waals surface area contributed by atoms with Crippen molar-refractivity contribution < 1.29 is 37.0 Å². The highest BCUT2D eigenvalue weighted by atomic mass is 19.3. The van der Waals surface area contributed by atoms with Gasteiger partial charge >= 0.3 is 0 Å². The molecule has 0 aromatic heterocycles. The van der Waals surface area contributed by atoms with E-state index in [0.29, 0.717) is 0 Å². The molecule has 0 bridgehead atoms. The van der Waals surface area contributed by atoms with Crippen LogP contribution in [0.1, 0.15) is 6.92 Å². The summed E-state index contributed by atoms with van der Waals surface area (Å²) in [4.78, 5) is 0. The lowest BCUT2D eigenvalue weighted by molar-refractivity contribution is -0.00100. The topological polar surface area (TPSA) is 0 Å². The van der Waals surface area contributed by atoms with Crippen LogP contribution in [-0.4, -0.2) is 0 Å². The maximum absolute atomic E-state index is 10.1. The molecule has 0 unspecified atom stereocenters. The van der Waals surface area contributed by atoms with Gasteiger partial charge in [-0.25, -0.2) is 0 Å². The highest BCUT2D eigenvalue weighted by Crippen LogP contribution is 1.85. The van der Waals surface area contributed by atoms with Crippen LogP contribution in [0.25, 0.3) is 0 Å². The molecule has 0 radical (unpaired) electrons. The van der Waals surface area contributed by atoms with Crippen molar-refractivity contribution in [2.24, 2.45) is 0 Å². The van der Waals surface area contributed by atoms with Crippen molar-refractivity contribution >= 4 is 0 Å². The quantitative estimate of drug-likeness (QED) is 0.295. The largest absolute Gasteiger partial charge is 1.00 e. The summed E-state index contributed by atoms with van der Waals surface area (Å²) in [6, 6.07) is 0. The number of hydrogen-bond acceptors (Lipinski definition) is 0. The lowest BCUT2D eigenvalue weighted by Gasteiger charge is -1.54. The van der Waals surface area contributed by atoms with E-state index in [0.717, 1.165) is 0 Å². The summed E-state index contributed by atoms with van der Waals surface area (Å²) in [5.74, 6) is 0. The molecule has 102 valence electrons. The van der Waals surface area contributed by atoms with E-state index in [4.69, 9.17) is 0 Å². The van der Waals surface area contributed by atoms with Crippen molar-refractivity contribution in [3.8, 4) is 0 Å². The minimum atomic E-state index is -1.83. The monoisotopic (exact) mass is 248 g/mol. The zero-order valence-electron chi connectivity index (χ0n) is 7.93. The van der Waals surface area contributed by atoms with E-state index in [9.17, 15) is 8.78 Å². The Morgan fingerprint density at radius 3 is 0.867 bits per heavy atom. The third kappa shape index (κ3) is 801. The molecule has 0 atom stereocenters. The molecule has 15 heavy (non-hydrogen) atoms. The Hall–Kier alpha value is -1.34. The zero-order valence-corrected chi connectivity index (χ0v) is 7.93. The molecular formula is C7H12F8-6. The Labute approximate surface area is 83.6 Å². The fraction of sp³-hybridized carbons (Fsp3) is 0.143. The van der Waals surface area contributed by atoms with Crippen LogP contribution >= 0.6 is 0 Å². The predicted octanol–water partition coefficient (Wildman–Crippen LogP) is -14.6. The van der Waals surface area contributed by atoms with Gasteiger partial charge in [-0.15, -0.1) is 19.7 Å². The van der Waals surface area contributed by atoms with Gasteiger partial charge in [-0.1, -0.05) is 6.08 Å². The van der Waals surface area contributed by atoms with Crippen molar-refractivity contribution in [1.29, 1.82) is 0 Å². The van der Waals surface area contributed by atoms with Gasteiger partial charge in [0, 0.05) is 0 Å². The van der Waals surface area contributed by atoms with Crippen molar-refractivity contribution in [3.63, 3.8) is 0 Å². The van der Waals surface area contributed by atoms with Gasteiger partial charge in [0.2, 0.25) is 0 Å². The maximum Gasteiger partial charge on any atom is 0.263 e. The van der Waals surface area contributed by atoms with Crippen molar-refractivity contribution in [1.82, 2.24) is 0 Å². The first-order valence-corrected chi connectivity index (χ1v) is 2.22. The molecule has 0 rings (SSSR count). The molecule has 0 heterocycles. The Bertz CT molecular complexity index is 71.4. The molecule has 0 nitrogen and oxygen atoms in total. The molecule has 0 aliphatic carbocycles. The maximum atomic E-state index is 10.1. The lowest BCUT2D eigenvalue weighted by Crippen LogP contribution is -3.00. The summed E-state index contributed by atoms with van der Waals surface area (Å²) in [7, 11) is 0. The highest BCUT2D eigenvalue weighted by molar-refractivity contribution is 4.57. The van der Waals surface area contributed by atoms with E-state index in [1.807, 2.05) is 6.92 Å². The second-order valence-electron chi connectivity index (χ2n) is 0.747. The van der Waals surface area contributed by atoms with Crippen molar-refractivity contribution in [2.45, 2.75) is 6.92 Å². The van der Waals surface area contributed by atoms with E-state index in [-0.39, 0.29) is 28.2 Å². The average Bonchev–Trinajstić information content (AvgIpc) is 1.71. The van der Waals surface area contributed by atoms with Gasteiger partial charge in [-0.3, -0.25) is 0 Å². The van der Waals surface area contributed by atoms with E-state index < -0.39 is 6.08 Å². The van der Waals surface area contributed by atoms with Crippen LogP contribution in [0.2, 0.25) is 0 Å². The van der Waals surface area contributed by atoms with Crippen LogP contribution in [0.5, 0.6) is 0 Å². The molecule has 0 aromatic carbocycles. The second kappa shape index (κ2) is 243. The third-order valence-electron chi connectivity index (χ3n) is 0. The second-order valence-corrected chi connectivity index (χ2v) is 0.747. The van der Waals surface area contributed by atoms with Crippen LogP contribution in [-0.2, 0) is 0 Å². The molecule has 0 aliphatic heterocycles. The molecule has 0 amide bonds. The molecule has 0 aliphatic rings. The Balaban J connectivity index is -0.00000000443. The summed E-state index contributed by atoms with van der Waals surface area (Å²) < 4.78 is 20.3. The Morgan fingerprint density at radius 1 is 0.867 bits per heavy atom. The minimum Gasteiger partial charge on any atom is -1.00 e. The van der Waals surface area contributed by atoms with Crippen LogP contribution in [0.3, 0.4) is 0 Å². The van der Waals surface area contributed by atoms with Crippen LogP contribution in [0.15, 0.2) is 38.5 Å².